The van der Waals surface area contributed by atoms with Crippen LogP contribution in [0.1, 0.15) is 44.4 Å². The third-order valence-electron chi connectivity index (χ3n) is 6.66. The molecule has 1 aliphatic rings. The van der Waals surface area contributed by atoms with Crippen LogP contribution in [-0.2, 0) is 27.7 Å². The average Bonchev–Trinajstić information content (AvgIpc) is 2.90. The van der Waals surface area contributed by atoms with Crippen molar-refractivity contribution in [1.29, 1.82) is 5.26 Å². The number of aromatic nitrogens is 2. The van der Waals surface area contributed by atoms with Crippen LogP contribution >= 0.6 is 0 Å². The van der Waals surface area contributed by atoms with E-state index in [0.29, 0.717) is 37.3 Å². The molecule has 212 valence electrons. The highest BCUT2D eigenvalue weighted by molar-refractivity contribution is 7.91. The minimum Gasteiger partial charge on any atom is -0.444 e. The van der Waals surface area contributed by atoms with Gasteiger partial charge in [-0.15, -0.1) is 0 Å². The van der Waals surface area contributed by atoms with Gasteiger partial charge in [0.05, 0.1) is 46.1 Å². The number of hydrogen-bond acceptors (Lipinski definition) is 8. The SMILES string of the molecule is CCS(=O)(=O)c1ccc(C#N)cc1Cn1cnc2cc(CN3CCN(C(=O)OC(C)(C)C)CC3)c(F)cc2c1=O. The van der Waals surface area contributed by atoms with Crippen molar-refractivity contribution in [2.45, 2.75) is 51.3 Å². The van der Waals surface area contributed by atoms with E-state index in [1.807, 2.05) is 31.7 Å². The van der Waals surface area contributed by atoms with E-state index in [4.69, 9.17) is 4.74 Å². The van der Waals surface area contributed by atoms with Crippen LogP contribution in [0.2, 0.25) is 0 Å². The summed E-state index contributed by atoms with van der Waals surface area (Å²) in [5, 5.41) is 9.34. The summed E-state index contributed by atoms with van der Waals surface area (Å²) in [5.41, 5.74) is 0.132. The van der Waals surface area contributed by atoms with Crippen molar-refractivity contribution in [3.8, 4) is 6.07 Å². The van der Waals surface area contributed by atoms with Gasteiger partial charge in [-0.3, -0.25) is 14.3 Å². The molecule has 1 saturated heterocycles. The first kappa shape index (κ1) is 29.2. The van der Waals surface area contributed by atoms with Gasteiger partial charge in [0.1, 0.15) is 11.4 Å². The summed E-state index contributed by atoms with van der Waals surface area (Å²) in [5.74, 6) is -0.694. The first-order valence-electron chi connectivity index (χ1n) is 12.9. The Labute approximate surface area is 232 Å². The predicted molar refractivity (Wildman–Crippen MR) is 147 cm³/mol. The molecular weight excluding hydrogens is 537 g/mol. The second-order valence-electron chi connectivity index (χ2n) is 10.7. The molecule has 0 atom stereocenters. The van der Waals surface area contributed by atoms with Gasteiger partial charge in [-0.1, -0.05) is 6.92 Å². The standard InChI is InChI=1S/C28H32FN5O5S/c1-5-40(37,38)25-7-6-19(15-30)12-21(25)17-34-18-31-24-13-20(23(29)14-22(24)26(34)35)16-32-8-10-33(11-9-32)27(36)39-28(2,3)4/h6-7,12-14,18H,5,8-11,16-17H2,1-4H3. The third kappa shape index (κ3) is 6.48. The molecule has 4 rings (SSSR count). The first-order valence-corrected chi connectivity index (χ1v) is 14.6. The maximum Gasteiger partial charge on any atom is 0.410 e. The summed E-state index contributed by atoms with van der Waals surface area (Å²) >= 11 is 0. The quantitative estimate of drug-likeness (QED) is 0.443. The number of carbonyl (C=O) groups is 1. The van der Waals surface area contributed by atoms with Gasteiger partial charge in [0.25, 0.3) is 5.56 Å². The molecule has 0 radical (unpaired) electrons. The molecule has 0 N–H and O–H groups in total. The van der Waals surface area contributed by atoms with E-state index in [0.717, 1.165) is 6.07 Å². The van der Waals surface area contributed by atoms with Crippen LogP contribution in [0.3, 0.4) is 0 Å². The highest BCUT2D eigenvalue weighted by Gasteiger charge is 2.26. The third-order valence-corrected chi connectivity index (χ3v) is 8.48. The minimum atomic E-state index is -3.61. The van der Waals surface area contributed by atoms with Crippen LogP contribution in [0, 0.1) is 17.1 Å². The minimum absolute atomic E-state index is 0.0364. The number of benzene rings is 2. The number of sulfone groups is 1. The smallest absolute Gasteiger partial charge is 0.410 e. The van der Waals surface area contributed by atoms with Crippen LogP contribution in [-0.4, -0.2) is 71.4 Å². The van der Waals surface area contributed by atoms with Gasteiger partial charge in [0.2, 0.25) is 0 Å². The van der Waals surface area contributed by atoms with Crippen molar-refractivity contribution in [2.24, 2.45) is 0 Å². The number of nitriles is 1. The van der Waals surface area contributed by atoms with E-state index in [9.17, 15) is 23.3 Å². The van der Waals surface area contributed by atoms with E-state index in [2.05, 4.69) is 4.98 Å². The monoisotopic (exact) mass is 569 g/mol. The van der Waals surface area contributed by atoms with Gasteiger partial charge in [-0.05, 0) is 56.7 Å². The Hall–Kier alpha value is -3.82. The molecule has 1 amide bonds. The molecule has 40 heavy (non-hydrogen) atoms. The maximum absolute atomic E-state index is 15.2. The summed E-state index contributed by atoms with van der Waals surface area (Å²) < 4.78 is 47.0. The molecule has 0 bridgehead atoms. The zero-order valence-corrected chi connectivity index (χ0v) is 23.8. The molecule has 1 aromatic heterocycles. The molecule has 1 aliphatic heterocycles. The first-order chi connectivity index (χ1) is 18.8. The molecule has 10 nitrogen and oxygen atoms in total. The summed E-state index contributed by atoms with van der Waals surface area (Å²) in [6.45, 7) is 9.08. The van der Waals surface area contributed by atoms with E-state index < -0.39 is 26.8 Å². The summed E-state index contributed by atoms with van der Waals surface area (Å²) in [4.78, 5) is 33.6. The van der Waals surface area contributed by atoms with Crippen LogP contribution in [0.15, 0.2) is 46.3 Å². The number of rotatable bonds is 6. The molecule has 0 aliphatic carbocycles. The Morgan fingerprint density at radius 1 is 1.10 bits per heavy atom. The van der Waals surface area contributed by atoms with Crippen LogP contribution in [0.5, 0.6) is 0 Å². The van der Waals surface area contributed by atoms with Crippen molar-refractivity contribution in [3.05, 3.63) is 69.5 Å². The molecule has 2 aromatic carbocycles. The van der Waals surface area contributed by atoms with Crippen LogP contribution < -0.4 is 5.56 Å². The number of ether oxygens (including phenoxy) is 1. The number of fused-ring (bicyclic) bond motifs is 1. The molecule has 3 aromatic rings. The van der Waals surface area contributed by atoms with E-state index in [1.54, 1.807) is 11.0 Å². The zero-order valence-electron chi connectivity index (χ0n) is 23.0. The second kappa shape index (κ2) is 11.3. The van der Waals surface area contributed by atoms with Gasteiger partial charge in [-0.25, -0.2) is 22.6 Å². The lowest BCUT2D eigenvalue weighted by Gasteiger charge is -2.35. The Kier molecular flexibility index (Phi) is 8.28. The lowest BCUT2D eigenvalue weighted by Crippen LogP contribution is -2.49. The largest absolute Gasteiger partial charge is 0.444 e. The number of nitrogens with zero attached hydrogens (tertiary/aromatic N) is 5. The number of amides is 1. The van der Waals surface area contributed by atoms with Crippen molar-refractivity contribution >= 4 is 26.8 Å². The maximum atomic E-state index is 15.2. The molecule has 0 unspecified atom stereocenters. The van der Waals surface area contributed by atoms with Crippen LogP contribution in [0.25, 0.3) is 10.9 Å². The summed E-state index contributed by atoms with van der Waals surface area (Å²) in [6.07, 6.45) is 0.927. The zero-order chi connectivity index (χ0) is 29.2. The van der Waals surface area contributed by atoms with E-state index in [1.165, 1.54) is 36.0 Å². The summed E-state index contributed by atoms with van der Waals surface area (Å²) in [7, 11) is -3.61. The van der Waals surface area contributed by atoms with Crippen LogP contribution in [0.4, 0.5) is 9.18 Å². The highest BCUT2D eigenvalue weighted by Crippen LogP contribution is 2.22. The van der Waals surface area contributed by atoms with Gasteiger partial charge in [0, 0.05) is 38.3 Å². The number of hydrogen-bond donors (Lipinski definition) is 0. The fourth-order valence-electron chi connectivity index (χ4n) is 4.53. The molecule has 12 heteroatoms. The molecular formula is C28H32FN5O5S. The Bertz CT molecular complexity index is 1650. The van der Waals surface area contributed by atoms with Crippen molar-refractivity contribution in [3.63, 3.8) is 0 Å². The molecule has 2 heterocycles. The van der Waals surface area contributed by atoms with Crippen molar-refractivity contribution in [1.82, 2.24) is 19.4 Å². The number of carbonyl (C=O) groups excluding carboxylic acids is 1. The second-order valence-corrected chi connectivity index (χ2v) is 13.0. The molecule has 1 fully saturated rings. The van der Waals surface area contributed by atoms with Gasteiger partial charge < -0.3 is 9.64 Å². The van der Waals surface area contributed by atoms with Gasteiger partial charge in [0.15, 0.2) is 9.84 Å². The highest BCUT2D eigenvalue weighted by atomic mass is 32.2. The van der Waals surface area contributed by atoms with E-state index in [-0.39, 0.29) is 46.3 Å². The van der Waals surface area contributed by atoms with Crippen molar-refractivity contribution < 1.29 is 22.3 Å². The lowest BCUT2D eigenvalue weighted by atomic mass is 10.1. The van der Waals surface area contributed by atoms with Crippen molar-refractivity contribution in [2.75, 3.05) is 31.9 Å². The normalized spacial score (nSPS) is 14.8. The fraction of sp³-hybridized carbons (Fsp3) is 0.429. The Morgan fingerprint density at radius 3 is 2.42 bits per heavy atom. The molecule has 0 saturated carbocycles. The fourth-order valence-corrected chi connectivity index (χ4v) is 5.64. The summed E-state index contributed by atoms with van der Waals surface area (Å²) in [6, 6.07) is 8.90. The Balaban J connectivity index is 1.54. The lowest BCUT2D eigenvalue weighted by molar-refractivity contribution is 0.0138. The predicted octanol–water partition coefficient (Wildman–Crippen LogP) is 3.30. The number of piperazine rings is 1. The Morgan fingerprint density at radius 2 is 1.80 bits per heavy atom. The average molecular weight is 570 g/mol. The molecule has 0 spiro atoms. The number of halogens is 1. The van der Waals surface area contributed by atoms with Gasteiger partial charge in [-0.2, -0.15) is 5.26 Å². The topological polar surface area (TPSA) is 126 Å². The van der Waals surface area contributed by atoms with E-state index >= 15 is 4.39 Å². The van der Waals surface area contributed by atoms with Gasteiger partial charge >= 0.3 is 6.09 Å².